The molecule has 0 saturated carbocycles. The first kappa shape index (κ1) is 11.2. The van der Waals surface area contributed by atoms with Gasteiger partial charge in [-0.2, -0.15) is 0 Å². The van der Waals surface area contributed by atoms with E-state index in [2.05, 4.69) is 0 Å². The van der Waals surface area contributed by atoms with Gasteiger partial charge in [-0.25, -0.2) is 0 Å². The van der Waals surface area contributed by atoms with Crippen LogP contribution in [0.25, 0.3) is 0 Å². The molecule has 0 unspecified atom stereocenters. The summed E-state index contributed by atoms with van der Waals surface area (Å²) < 4.78 is 5.84. The van der Waals surface area contributed by atoms with Crippen molar-refractivity contribution < 1.29 is 14.3 Å². The number of rotatable bonds is 2. The van der Waals surface area contributed by atoms with Gasteiger partial charge < -0.3 is 4.74 Å². The number of amides is 2. The van der Waals surface area contributed by atoms with Gasteiger partial charge in [-0.1, -0.05) is 6.92 Å². The molecular weight excluding hydrogens is 218 g/mol. The van der Waals surface area contributed by atoms with Crippen molar-refractivity contribution in [1.29, 1.82) is 0 Å². The molecule has 0 spiro atoms. The van der Waals surface area contributed by atoms with Crippen LogP contribution in [-0.4, -0.2) is 35.5 Å². The van der Waals surface area contributed by atoms with E-state index in [1.807, 2.05) is 20.8 Å². The van der Waals surface area contributed by atoms with Gasteiger partial charge in [-0.3, -0.25) is 14.5 Å². The zero-order chi connectivity index (χ0) is 12.4. The lowest BCUT2D eigenvalue weighted by Gasteiger charge is -2.36. The van der Waals surface area contributed by atoms with Crippen molar-refractivity contribution in [3.05, 3.63) is 0 Å². The molecule has 3 saturated heterocycles. The summed E-state index contributed by atoms with van der Waals surface area (Å²) in [5, 5.41) is 0. The van der Waals surface area contributed by atoms with Crippen molar-refractivity contribution in [2.24, 2.45) is 10.8 Å². The number of carbonyl (C=O) groups is 2. The molecule has 3 aliphatic rings. The quantitative estimate of drug-likeness (QED) is 0.681. The summed E-state index contributed by atoms with van der Waals surface area (Å²) in [5.41, 5.74) is -1.25. The predicted octanol–water partition coefficient (Wildman–Crippen LogP) is 1.34. The monoisotopic (exact) mass is 237 g/mol. The van der Waals surface area contributed by atoms with Crippen molar-refractivity contribution in [2.45, 2.75) is 52.2 Å². The molecule has 0 aromatic carbocycles. The van der Waals surface area contributed by atoms with Crippen LogP contribution >= 0.6 is 0 Å². The van der Waals surface area contributed by atoms with Crippen LogP contribution in [0.3, 0.4) is 0 Å². The van der Waals surface area contributed by atoms with Gasteiger partial charge in [-0.15, -0.1) is 0 Å². The molecule has 2 amide bonds. The smallest absolute Gasteiger partial charge is 0.238 e. The molecule has 0 aliphatic carbocycles. The highest BCUT2D eigenvalue weighted by molar-refractivity contribution is 6.10. The summed E-state index contributed by atoms with van der Waals surface area (Å²) in [4.78, 5) is 26.5. The van der Waals surface area contributed by atoms with Crippen LogP contribution in [0.1, 0.15) is 40.0 Å². The number of hydrogen-bond acceptors (Lipinski definition) is 3. The minimum absolute atomic E-state index is 0.0148. The standard InChI is InChI=1S/C13H19NO3/c1-4-7-14-10(15)12(2)8-5-6-9(17-8)13(12,3)11(14)16/h8-9H,4-7H2,1-3H3/t8-,9+,12+,13-. The zero-order valence-corrected chi connectivity index (χ0v) is 10.7. The summed E-state index contributed by atoms with van der Waals surface area (Å²) in [5.74, 6) is -0.0295. The summed E-state index contributed by atoms with van der Waals surface area (Å²) in [7, 11) is 0. The van der Waals surface area contributed by atoms with Crippen LogP contribution in [0.15, 0.2) is 0 Å². The Labute approximate surface area is 101 Å². The molecule has 3 fully saturated rings. The summed E-state index contributed by atoms with van der Waals surface area (Å²) in [6.07, 6.45) is 2.53. The van der Waals surface area contributed by atoms with Gasteiger partial charge in [0.1, 0.15) is 0 Å². The van der Waals surface area contributed by atoms with Gasteiger partial charge in [0.2, 0.25) is 11.8 Å². The van der Waals surface area contributed by atoms with E-state index in [9.17, 15) is 9.59 Å². The largest absolute Gasteiger partial charge is 0.373 e. The molecule has 3 heterocycles. The fraction of sp³-hybridized carbons (Fsp3) is 0.846. The Balaban J connectivity index is 2.09. The second-order valence-corrected chi connectivity index (χ2v) is 5.86. The van der Waals surface area contributed by atoms with Crippen molar-refractivity contribution in [3.63, 3.8) is 0 Å². The Kier molecular flexibility index (Phi) is 2.05. The van der Waals surface area contributed by atoms with Gasteiger partial charge in [-0.05, 0) is 33.1 Å². The molecular formula is C13H19NO3. The molecule has 0 radical (unpaired) electrons. The molecule has 4 nitrogen and oxygen atoms in total. The fourth-order valence-corrected chi connectivity index (χ4v) is 3.95. The van der Waals surface area contributed by atoms with Crippen LogP contribution in [0.4, 0.5) is 0 Å². The SMILES string of the molecule is CCCN1C(=O)[C@@]2(C)[C@@H]3CC[C@@H](O3)[C@@]2(C)C1=O. The third kappa shape index (κ3) is 0.955. The highest BCUT2D eigenvalue weighted by Crippen LogP contribution is 2.64. The van der Waals surface area contributed by atoms with Crippen LogP contribution in [0, 0.1) is 10.8 Å². The number of nitrogens with zero attached hydrogens (tertiary/aromatic N) is 1. The number of likely N-dealkylation sites (tertiary alicyclic amines) is 1. The average Bonchev–Trinajstić information content (AvgIpc) is 2.91. The maximum atomic E-state index is 12.5. The molecule has 2 bridgehead atoms. The van der Waals surface area contributed by atoms with Gasteiger partial charge in [0, 0.05) is 6.54 Å². The zero-order valence-electron chi connectivity index (χ0n) is 10.7. The first-order valence-electron chi connectivity index (χ1n) is 6.49. The van der Waals surface area contributed by atoms with Crippen LogP contribution in [0.5, 0.6) is 0 Å². The van der Waals surface area contributed by atoms with E-state index in [0.29, 0.717) is 6.54 Å². The molecule has 4 atom stereocenters. The van der Waals surface area contributed by atoms with Gasteiger partial charge >= 0.3 is 0 Å². The maximum absolute atomic E-state index is 12.5. The Morgan fingerprint density at radius 1 is 1.18 bits per heavy atom. The van der Waals surface area contributed by atoms with E-state index < -0.39 is 10.8 Å². The van der Waals surface area contributed by atoms with E-state index in [-0.39, 0.29) is 24.0 Å². The third-order valence-corrected chi connectivity index (χ3v) is 5.21. The molecule has 0 N–H and O–H groups in total. The van der Waals surface area contributed by atoms with E-state index in [1.54, 1.807) is 0 Å². The lowest BCUT2D eigenvalue weighted by Crippen LogP contribution is -2.48. The molecule has 0 aromatic rings. The predicted molar refractivity (Wildman–Crippen MR) is 61.1 cm³/mol. The van der Waals surface area contributed by atoms with E-state index >= 15 is 0 Å². The van der Waals surface area contributed by atoms with Gasteiger partial charge in [0.15, 0.2) is 0 Å². The Morgan fingerprint density at radius 3 is 2.06 bits per heavy atom. The molecule has 3 aliphatic heterocycles. The number of imide groups is 1. The second-order valence-electron chi connectivity index (χ2n) is 5.86. The van der Waals surface area contributed by atoms with Crippen molar-refractivity contribution in [1.82, 2.24) is 4.90 Å². The van der Waals surface area contributed by atoms with Crippen LogP contribution in [-0.2, 0) is 14.3 Å². The molecule has 17 heavy (non-hydrogen) atoms. The van der Waals surface area contributed by atoms with Gasteiger partial charge in [0.05, 0.1) is 23.0 Å². The van der Waals surface area contributed by atoms with Crippen molar-refractivity contribution in [2.75, 3.05) is 6.54 Å². The normalized spacial score (nSPS) is 48.1. The summed E-state index contributed by atoms with van der Waals surface area (Å²) in [6, 6.07) is 0. The molecule has 3 rings (SSSR count). The number of hydrogen-bond donors (Lipinski definition) is 0. The van der Waals surface area contributed by atoms with E-state index in [0.717, 1.165) is 19.3 Å². The van der Waals surface area contributed by atoms with E-state index in [4.69, 9.17) is 4.74 Å². The van der Waals surface area contributed by atoms with Crippen molar-refractivity contribution in [3.8, 4) is 0 Å². The highest BCUT2D eigenvalue weighted by Gasteiger charge is 2.76. The topological polar surface area (TPSA) is 46.6 Å². The Morgan fingerprint density at radius 2 is 1.65 bits per heavy atom. The highest BCUT2D eigenvalue weighted by atomic mass is 16.5. The second kappa shape index (κ2) is 3.10. The first-order valence-corrected chi connectivity index (χ1v) is 6.49. The Hall–Kier alpha value is -0.900. The van der Waals surface area contributed by atoms with Crippen LogP contribution in [0.2, 0.25) is 0 Å². The minimum Gasteiger partial charge on any atom is -0.373 e. The third-order valence-electron chi connectivity index (χ3n) is 5.21. The summed E-state index contributed by atoms with van der Waals surface area (Å²) >= 11 is 0. The lowest BCUT2D eigenvalue weighted by atomic mass is 9.59. The number of carbonyl (C=O) groups excluding carboxylic acids is 2. The van der Waals surface area contributed by atoms with Gasteiger partial charge in [0.25, 0.3) is 0 Å². The lowest BCUT2D eigenvalue weighted by molar-refractivity contribution is -0.145. The van der Waals surface area contributed by atoms with E-state index in [1.165, 1.54) is 4.90 Å². The molecule has 0 aromatic heterocycles. The number of fused-ring (bicyclic) bond motifs is 5. The maximum Gasteiger partial charge on any atom is 0.238 e. The number of ether oxygens (including phenoxy) is 1. The molecule has 94 valence electrons. The average molecular weight is 237 g/mol. The Bertz CT molecular complexity index is 373. The van der Waals surface area contributed by atoms with Crippen molar-refractivity contribution >= 4 is 11.8 Å². The first-order chi connectivity index (χ1) is 7.97. The van der Waals surface area contributed by atoms with Crippen LogP contribution < -0.4 is 0 Å². The minimum atomic E-state index is -0.623. The fourth-order valence-electron chi connectivity index (χ4n) is 3.95. The summed E-state index contributed by atoms with van der Waals surface area (Å²) in [6.45, 7) is 6.38. The molecule has 4 heteroatoms.